The van der Waals surface area contributed by atoms with Crippen molar-refractivity contribution < 1.29 is 14.3 Å². The number of hydrogen-bond donors (Lipinski definition) is 0. The summed E-state index contributed by atoms with van der Waals surface area (Å²) in [5.74, 6) is 0.773. The van der Waals surface area contributed by atoms with Gasteiger partial charge in [0.25, 0.3) is 5.91 Å². The van der Waals surface area contributed by atoms with Crippen molar-refractivity contribution in [3.05, 3.63) is 24.2 Å². The predicted molar refractivity (Wildman–Crippen MR) is 96.5 cm³/mol. The number of carbonyl (C=O) groups is 2. The van der Waals surface area contributed by atoms with Crippen LogP contribution in [0.1, 0.15) is 19.2 Å². The number of rotatable bonds is 5. The van der Waals surface area contributed by atoms with Crippen LogP contribution in [0.2, 0.25) is 0 Å². The van der Waals surface area contributed by atoms with Gasteiger partial charge in [-0.3, -0.25) is 9.59 Å². The average molecular weight is 359 g/mol. The van der Waals surface area contributed by atoms with Crippen LogP contribution in [0.3, 0.4) is 0 Å². The van der Waals surface area contributed by atoms with Gasteiger partial charge < -0.3 is 19.1 Å². The van der Waals surface area contributed by atoms with Gasteiger partial charge in [0.05, 0.1) is 13.2 Å². The normalized spacial score (nSPS) is 17.5. The van der Waals surface area contributed by atoms with E-state index in [2.05, 4.69) is 9.97 Å². The third-order valence-electron chi connectivity index (χ3n) is 4.83. The number of nitrogens with zero attached hydrogens (tertiary/aromatic N) is 5. The second-order valence-electron chi connectivity index (χ2n) is 6.48. The van der Waals surface area contributed by atoms with Crippen LogP contribution in [-0.2, 0) is 27.8 Å². The Morgan fingerprint density at radius 3 is 2.96 bits per heavy atom. The van der Waals surface area contributed by atoms with Gasteiger partial charge in [0.2, 0.25) is 5.91 Å². The molecule has 1 atom stereocenters. The average Bonchev–Trinajstić information content (AvgIpc) is 3.01. The zero-order chi connectivity index (χ0) is 18.7. The summed E-state index contributed by atoms with van der Waals surface area (Å²) in [6, 6.07) is 3.76. The van der Waals surface area contributed by atoms with Gasteiger partial charge in [-0.25, -0.2) is 9.97 Å². The number of hydrogen-bond acceptors (Lipinski definition) is 5. The van der Waals surface area contributed by atoms with Crippen molar-refractivity contribution in [1.29, 1.82) is 0 Å². The molecule has 8 nitrogen and oxygen atoms in total. The fourth-order valence-corrected chi connectivity index (χ4v) is 3.10. The molecular formula is C18H25N5O3. The van der Waals surface area contributed by atoms with Crippen molar-refractivity contribution in [3.63, 3.8) is 0 Å². The lowest BCUT2D eigenvalue weighted by molar-refractivity contribution is -0.153. The lowest BCUT2D eigenvalue weighted by Gasteiger charge is -2.33. The Morgan fingerprint density at radius 2 is 2.23 bits per heavy atom. The highest BCUT2D eigenvalue weighted by Crippen LogP contribution is 2.14. The van der Waals surface area contributed by atoms with Crippen LogP contribution in [0, 0.1) is 0 Å². The van der Waals surface area contributed by atoms with Crippen LogP contribution in [0.15, 0.2) is 18.3 Å². The van der Waals surface area contributed by atoms with Crippen molar-refractivity contribution in [2.75, 3.05) is 33.3 Å². The highest BCUT2D eigenvalue weighted by atomic mass is 16.5. The predicted octanol–water partition coefficient (Wildman–Crippen LogP) is 0.607. The summed E-state index contributed by atoms with van der Waals surface area (Å²) in [6.45, 7) is 3.74. The first-order valence-corrected chi connectivity index (χ1v) is 8.92. The number of likely N-dealkylation sites (N-methyl/N-ethyl adjacent to an activating group) is 1. The molecule has 1 aliphatic heterocycles. The summed E-state index contributed by atoms with van der Waals surface area (Å²) in [5, 5.41) is 0. The molecule has 0 radical (unpaired) electrons. The van der Waals surface area contributed by atoms with Gasteiger partial charge in [-0.05, 0) is 19.1 Å². The molecule has 0 spiro atoms. The van der Waals surface area contributed by atoms with Crippen LogP contribution < -0.4 is 0 Å². The molecule has 140 valence electrons. The first-order chi connectivity index (χ1) is 12.5. The summed E-state index contributed by atoms with van der Waals surface area (Å²) >= 11 is 0. The number of aromatic nitrogens is 3. The number of carbonyl (C=O) groups excluding carboxylic acids is 2. The standard InChI is InChI=1S/C18H25N5O3/c1-4-21(2)18(25)14-12-23(10-11-26-14)16(24)8-7-15-20-13-6-5-9-19-17(13)22(15)3/h5-6,9,14H,4,7-8,10-12H2,1-3H3/t14-/m1/s1. The Morgan fingerprint density at radius 1 is 1.42 bits per heavy atom. The highest BCUT2D eigenvalue weighted by Gasteiger charge is 2.30. The van der Waals surface area contributed by atoms with E-state index < -0.39 is 6.10 Å². The molecule has 1 fully saturated rings. The highest BCUT2D eigenvalue weighted by molar-refractivity contribution is 5.83. The van der Waals surface area contributed by atoms with Gasteiger partial charge in [0.15, 0.2) is 11.8 Å². The second kappa shape index (κ2) is 7.82. The minimum Gasteiger partial charge on any atom is -0.365 e. The molecular weight excluding hydrogens is 334 g/mol. The van der Waals surface area contributed by atoms with E-state index in [1.54, 1.807) is 23.0 Å². The number of fused-ring (bicyclic) bond motifs is 1. The fourth-order valence-electron chi connectivity index (χ4n) is 3.10. The zero-order valence-electron chi connectivity index (χ0n) is 15.5. The number of imidazole rings is 1. The molecule has 2 amide bonds. The molecule has 0 bridgehead atoms. The van der Waals surface area contributed by atoms with Gasteiger partial charge in [-0.2, -0.15) is 0 Å². The first-order valence-electron chi connectivity index (χ1n) is 8.92. The van der Waals surface area contributed by atoms with Crippen molar-refractivity contribution in [2.45, 2.75) is 25.9 Å². The third-order valence-corrected chi connectivity index (χ3v) is 4.83. The lowest BCUT2D eigenvalue weighted by atomic mass is 10.2. The quantitative estimate of drug-likeness (QED) is 0.781. The first kappa shape index (κ1) is 18.3. The number of ether oxygens (including phenoxy) is 1. The Labute approximate surface area is 152 Å². The Bertz CT molecular complexity index is 803. The third kappa shape index (κ3) is 3.70. The largest absolute Gasteiger partial charge is 0.365 e. The minimum absolute atomic E-state index is 0.0188. The van der Waals surface area contributed by atoms with Crippen molar-refractivity contribution in [1.82, 2.24) is 24.3 Å². The SMILES string of the molecule is CCN(C)C(=O)[C@H]1CN(C(=O)CCc2nc3cccnc3n2C)CCO1. The van der Waals surface area contributed by atoms with Gasteiger partial charge >= 0.3 is 0 Å². The number of amides is 2. The molecule has 3 heterocycles. The molecule has 0 unspecified atom stereocenters. The summed E-state index contributed by atoms with van der Waals surface area (Å²) < 4.78 is 7.48. The molecule has 2 aromatic rings. The summed E-state index contributed by atoms with van der Waals surface area (Å²) in [4.78, 5) is 37.1. The van der Waals surface area contributed by atoms with E-state index in [0.717, 1.165) is 17.0 Å². The van der Waals surface area contributed by atoms with Crippen LogP contribution in [0.4, 0.5) is 0 Å². The monoisotopic (exact) mass is 359 g/mol. The summed E-state index contributed by atoms with van der Waals surface area (Å²) in [5.41, 5.74) is 1.65. The maximum Gasteiger partial charge on any atom is 0.253 e. The van der Waals surface area contributed by atoms with E-state index in [9.17, 15) is 9.59 Å². The molecule has 0 N–H and O–H groups in total. The van der Waals surface area contributed by atoms with Crippen molar-refractivity contribution >= 4 is 23.0 Å². The van der Waals surface area contributed by atoms with Gasteiger partial charge in [-0.1, -0.05) is 0 Å². The zero-order valence-corrected chi connectivity index (χ0v) is 15.5. The van der Waals surface area contributed by atoms with Crippen LogP contribution in [0.5, 0.6) is 0 Å². The molecule has 1 saturated heterocycles. The van der Waals surface area contributed by atoms with E-state index in [4.69, 9.17) is 4.74 Å². The molecule has 2 aromatic heterocycles. The van der Waals surface area contributed by atoms with Crippen molar-refractivity contribution in [3.8, 4) is 0 Å². The number of pyridine rings is 1. The molecule has 3 rings (SSSR count). The van der Waals surface area contributed by atoms with E-state index >= 15 is 0 Å². The maximum absolute atomic E-state index is 12.6. The molecule has 0 saturated carbocycles. The van der Waals surface area contributed by atoms with E-state index in [1.165, 1.54) is 0 Å². The topological polar surface area (TPSA) is 80.6 Å². The van der Waals surface area contributed by atoms with Gasteiger partial charge in [-0.15, -0.1) is 0 Å². The summed E-state index contributed by atoms with van der Waals surface area (Å²) in [6.07, 6.45) is 2.05. The lowest BCUT2D eigenvalue weighted by Crippen LogP contribution is -2.51. The molecule has 8 heteroatoms. The molecule has 26 heavy (non-hydrogen) atoms. The van der Waals surface area contributed by atoms with E-state index in [-0.39, 0.29) is 11.8 Å². The van der Waals surface area contributed by atoms with Crippen LogP contribution in [-0.4, -0.2) is 75.5 Å². The van der Waals surface area contributed by atoms with Gasteiger partial charge in [0.1, 0.15) is 11.3 Å². The summed E-state index contributed by atoms with van der Waals surface area (Å²) in [7, 11) is 3.65. The molecule has 1 aliphatic rings. The Balaban J connectivity index is 1.60. The minimum atomic E-state index is -0.572. The van der Waals surface area contributed by atoms with Gasteiger partial charge in [0, 0.05) is 46.2 Å². The van der Waals surface area contributed by atoms with Crippen molar-refractivity contribution in [2.24, 2.45) is 7.05 Å². The van der Waals surface area contributed by atoms with Crippen LogP contribution >= 0.6 is 0 Å². The molecule has 0 aromatic carbocycles. The Hall–Kier alpha value is -2.48. The molecule has 0 aliphatic carbocycles. The second-order valence-corrected chi connectivity index (χ2v) is 6.48. The number of aryl methyl sites for hydroxylation is 2. The maximum atomic E-state index is 12.6. The Kier molecular flexibility index (Phi) is 5.51. The number of morpholine rings is 1. The van der Waals surface area contributed by atoms with Crippen LogP contribution in [0.25, 0.3) is 11.2 Å². The van der Waals surface area contributed by atoms with E-state index in [1.807, 2.05) is 30.7 Å². The van der Waals surface area contributed by atoms with E-state index in [0.29, 0.717) is 39.1 Å². The fraction of sp³-hybridized carbons (Fsp3) is 0.556. The smallest absolute Gasteiger partial charge is 0.253 e.